The van der Waals surface area contributed by atoms with Gasteiger partial charge < -0.3 is 9.47 Å². The highest BCUT2D eigenvalue weighted by atomic mass is 35.5. The van der Waals surface area contributed by atoms with Crippen LogP contribution in [0.15, 0.2) is 12.1 Å². The van der Waals surface area contributed by atoms with Crippen molar-refractivity contribution in [1.82, 2.24) is 19.4 Å². The summed E-state index contributed by atoms with van der Waals surface area (Å²) >= 11 is 6.04. The third-order valence-electron chi connectivity index (χ3n) is 4.02. The number of hydrogen-bond donors (Lipinski definition) is 0. The van der Waals surface area contributed by atoms with E-state index in [0.29, 0.717) is 5.88 Å². The van der Waals surface area contributed by atoms with Crippen molar-refractivity contribution < 1.29 is 0 Å². The molecule has 1 aliphatic heterocycles. The standard InChI is InChI=1S/C15H21ClN4/c1-12-5-6-13-15(17-12)20(14(11-16)18-13)10-9-19-7-3-2-4-8-19/h5-6H,2-4,7-11H2,1H3. The van der Waals surface area contributed by atoms with Crippen molar-refractivity contribution in [1.29, 1.82) is 0 Å². The van der Waals surface area contributed by atoms with Crippen LogP contribution in [0.1, 0.15) is 30.8 Å². The molecule has 1 fully saturated rings. The van der Waals surface area contributed by atoms with Gasteiger partial charge in [0, 0.05) is 18.8 Å². The minimum atomic E-state index is 0.440. The Morgan fingerprint density at radius 2 is 1.90 bits per heavy atom. The zero-order valence-corrected chi connectivity index (χ0v) is 12.7. The highest BCUT2D eigenvalue weighted by Gasteiger charge is 2.14. The second-order valence-corrected chi connectivity index (χ2v) is 5.78. The lowest BCUT2D eigenvalue weighted by molar-refractivity contribution is 0.221. The molecule has 2 aromatic rings. The number of imidazole rings is 1. The number of piperidine rings is 1. The quantitative estimate of drug-likeness (QED) is 0.813. The van der Waals surface area contributed by atoms with E-state index in [9.17, 15) is 0 Å². The summed E-state index contributed by atoms with van der Waals surface area (Å²) in [5.74, 6) is 1.37. The fourth-order valence-corrected chi connectivity index (χ4v) is 3.11. The smallest absolute Gasteiger partial charge is 0.160 e. The molecule has 0 radical (unpaired) electrons. The van der Waals surface area contributed by atoms with Gasteiger partial charge in [0.2, 0.25) is 0 Å². The van der Waals surface area contributed by atoms with E-state index in [1.807, 2.05) is 19.1 Å². The van der Waals surface area contributed by atoms with Crippen LogP contribution in [0.3, 0.4) is 0 Å². The molecule has 0 saturated carbocycles. The molecule has 2 aromatic heterocycles. The van der Waals surface area contributed by atoms with Crippen LogP contribution in [0, 0.1) is 6.92 Å². The molecular weight excluding hydrogens is 272 g/mol. The molecule has 0 aromatic carbocycles. The largest absolute Gasteiger partial charge is 0.310 e. The van der Waals surface area contributed by atoms with Crippen molar-refractivity contribution in [2.75, 3.05) is 19.6 Å². The first-order chi connectivity index (χ1) is 9.78. The van der Waals surface area contributed by atoms with E-state index >= 15 is 0 Å². The topological polar surface area (TPSA) is 34.0 Å². The van der Waals surface area contributed by atoms with E-state index in [2.05, 4.69) is 19.4 Å². The summed E-state index contributed by atoms with van der Waals surface area (Å²) in [6.45, 7) is 6.44. The van der Waals surface area contributed by atoms with Crippen LogP contribution in [-0.2, 0) is 12.4 Å². The molecule has 0 atom stereocenters. The Kier molecular flexibility index (Phi) is 4.22. The Morgan fingerprint density at radius 3 is 2.65 bits per heavy atom. The van der Waals surface area contributed by atoms with Crippen molar-refractivity contribution in [3.63, 3.8) is 0 Å². The Bertz CT molecular complexity index is 587. The molecule has 20 heavy (non-hydrogen) atoms. The lowest BCUT2D eigenvalue weighted by atomic mass is 10.1. The van der Waals surface area contributed by atoms with E-state index < -0.39 is 0 Å². The number of likely N-dealkylation sites (tertiary alicyclic amines) is 1. The van der Waals surface area contributed by atoms with Gasteiger partial charge in [0.15, 0.2) is 5.65 Å². The van der Waals surface area contributed by atoms with Crippen molar-refractivity contribution in [3.8, 4) is 0 Å². The van der Waals surface area contributed by atoms with Gasteiger partial charge in [0.1, 0.15) is 11.3 Å². The maximum absolute atomic E-state index is 6.04. The number of aryl methyl sites for hydroxylation is 1. The molecule has 0 bridgehead atoms. The van der Waals surface area contributed by atoms with Gasteiger partial charge in [0.05, 0.1) is 5.88 Å². The first-order valence-electron chi connectivity index (χ1n) is 7.39. The third kappa shape index (κ3) is 2.81. The lowest BCUT2D eigenvalue weighted by Gasteiger charge is -2.26. The Balaban J connectivity index is 1.83. The van der Waals surface area contributed by atoms with E-state index in [4.69, 9.17) is 11.6 Å². The monoisotopic (exact) mass is 292 g/mol. The van der Waals surface area contributed by atoms with Crippen LogP contribution in [0.5, 0.6) is 0 Å². The number of alkyl halides is 1. The molecule has 3 heterocycles. The van der Waals surface area contributed by atoms with Gasteiger partial charge in [-0.25, -0.2) is 9.97 Å². The summed E-state index contributed by atoms with van der Waals surface area (Å²) in [7, 11) is 0. The molecular formula is C15H21ClN4. The summed E-state index contributed by atoms with van der Waals surface area (Å²) in [4.78, 5) is 11.7. The summed E-state index contributed by atoms with van der Waals surface area (Å²) in [6.07, 6.45) is 4.02. The summed E-state index contributed by atoms with van der Waals surface area (Å²) in [5.41, 5.74) is 2.94. The molecule has 0 N–H and O–H groups in total. The summed E-state index contributed by atoms with van der Waals surface area (Å²) in [5, 5.41) is 0. The zero-order valence-electron chi connectivity index (χ0n) is 12.0. The molecule has 108 valence electrons. The molecule has 1 aliphatic rings. The van der Waals surface area contributed by atoms with Gasteiger partial charge >= 0.3 is 0 Å². The van der Waals surface area contributed by atoms with Crippen LogP contribution in [-0.4, -0.2) is 39.1 Å². The lowest BCUT2D eigenvalue weighted by Crippen LogP contribution is -2.32. The highest BCUT2D eigenvalue weighted by Crippen LogP contribution is 2.17. The van der Waals surface area contributed by atoms with Crippen molar-refractivity contribution in [2.45, 2.75) is 38.6 Å². The van der Waals surface area contributed by atoms with E-state index in [0.717, 1.165) is 35.8 Å². The van der Waals surface area contributed by atoms with Crippen molar-refractivity contribution >= 4 is 22.8 Å². The number of rotatable bonds is 4. The number of nitrogens with zero attached hydrogens (tertiary/aromatic N) is 4. The summed E-state index contributed by atoms with van der Waals surface area (Å²) < 4.78 is 2.18. The second kappa shape index (κ2) is 6.10. The number of hydrogen-bond acceptors (Lipinski definition) is 3. The molecule has 0 aliphatic carbocycles. The number of pyridine rings is 1. The molecule has 4 nitrogen and oxygen atoms in total. The maximum Gasteiger partial charge on any atom is 0.160 e. The summed E-state index contributed by atoms with van der Waals surface area (Å²) in [6, 6.07) is 4.04. The highest BCUT2D eigenvalue weighted by molar-refractivity contribution is 6.16. The minimum Gasteiger partial charge on any atom is -0.310 e. The molecule has 1 saturated heterocycles. The van der Waals surface area contributed by atoms with Gasteiger partial charge in [-0.05, 0) is 45.0 Å². The average Bonchev–Trinajstić information content (AvgIpc) is 2.83. The van der Waals surface area contributed by atoms with Crippen LogP contribution >= 0.6 is 11.6 Å². The first kappa shape index (κ1) is 13.8. The maximum atomic E-state index is 6.04. The van der Waals surface area contributed by atoms with E-state index in [1.165, 1.54) is 32.4 Å². The molecule has 5 heteroatoms. The molecule has 0 spiro atoms. The Labute approximate surface area is 124 Å². The van der Waals surface area contributed by atoms with Crippen molar-refractivity contribution in [2.24, 2.45) is 0 Å². The SMILES string of the molecule is Cc1ccc2nc(CCl)n(CCN3CCCCC3)c2n1. The first-order valence-corrected chi connectivity index (χ1v) is 7.92. The minimum absolute atomic E-state index is 0.440. The number of aromatic nitrogens is 3. The Morgan fingerprint density at radius 1 is 1.10 bits per heavy atom. The van der Waals surface area contributed by atoms with Crippen LogP contribution < -0.4 is 0 Å². The van der Waals surface area contributed by atoms with Gasteiger partial charge in [-0.2, -0.15) is 0 Å². The predicted molar refractivity (Wildman–Crippen MR) is 82.1 cm³/mol. The normalized spacial score (nSPS) is 16.9. The zero-order chi connectivity index (χ0) is 13.9. The number of fused-ring (bicyclic) bond motifs is 1. The predicted octanol–water partition coefficient (Wildman–Crippen LogP) is 2.96. The van der Waals surface area contributed by atoms with Crippen LogP contribution in [0.4, 0.5) is 0 Å². The van der Waals surface area contributed by atoms with Crippen LogP contribution in [0.25, 0.3) is 11.2 Å². The second-order valence-electron chi connectivity index (χ2n) is 5.51. The van der Waals surface area contributed by atoms with Gasteiger partial charge in [-0.15, -0.1) is 11.6 Å². The van der Waals surface area contributed by atoms with E-state index in [-0.39, 0.29) is 0 Å². The van der Waals surface area contributed by atoms with Crippen molar-refractivity contribution in [3.05, 3.63) is 23.7 Å². The van der Waals surface area contributed by atoms with Gasteiger partial charge in [0.25, 0.3) is 0 Å². The molecule has 3 rings (SSSR count). The molecule has 0 unspecified atom stereocenters. The Hall–Kier alpha value is -1.13. The average molecular weight is 293 g/mol. The molecule has 0 amide bonds. The van der Waals surface area contributed by atoms with Gasteiger partial charge in [-0.1, -0.05) is 6.42 Å². The van der Waals surface area contributed by atoms with Gasteiger partial charge in [-0.3, -0.25) is 0 Å². The fourth-order valence-electron chi connectivity index (χ4n) is 2.90. The third-order valence-corrected chi connectivity index (χ3v) is 4.26. The number of halogens is 1. The van der Waals surface area contributed by atoms with Crippen LogP contribution in [0.2, 0.25) is 0 Å². The van der Waals surface area contributed by atoms with E-state index in [1.54, 1.807) is 0 Å². The fraction of sp³-hybridized carbons (Fsp3) is 0.600.